The van der Waals surface area contributed by atoms with Crippen molar-refractivity contribution in [2.75, 3.05) is 39.5 Å². The number of unbranched alkanes of at least 4 members (excludes halogenated alkanes) is 24. The Morgan fingerprint density at radius 1 is 0.333 bits per heavy atom. The van der Waals surface area contributed by atoms with Gasteiger partial charge >= 0.3 is 17.9 Å². The van der Waals surface area contributed by atoms with Crippen molar-refractivity contribution in [1.82, 2.24) is 4.90 Å². The third kappa shape index (κ3) is 39.2. The third-order valence-corrected chi connectivity index (χ3v) is 12.3. The van der Waals surface area contributed by atoms with Gasteiger partial charge in [-0.15, -0.1) is 0 Å². The van der Waals surface area contributed by atoms with E-state index in [-0.39, 0.29) is 29.7 Å². The molecule has 0 aliphatic heterocycles. The summed E-state index contributed by atoms with van der Waals surface area (Å²) < 4.78 is 17.0. The molecule has 0 bridgehead atoms. The van der Waals surface area contributed by atoms with Crippen molar-refractivity contribution in [2.45, 2.75) is 272 Å². The molecule has 0 aromatic carbocycles. The topological polar surface area (TPSA) is 82.1 Å². The van der Waals surface area contributed by atoms with Gasteiger partial charge in [-0.05, 0) is 83.8 Å². The van der Waals surface area contributed by atoms with Crippen molar-refractivity contribution in [2.24, 2.45) is 11.8 Å². The van der Waals surface area contributed by atoms with Crippen LogP contribution in [-0.2, 0) is 28.6 Å². The van der Waals surface area contributed by atoms with Crippen molar-refractivity contribution >= 4 is 17.9 Å². The van der Waals surface area contributed by atoms with Crippen LogP contribution in [-0.4, -0.2) is 62.3 Å². The number of ether oxygens (including phenoxy) is 3. The van der Waals surface area contributed by atoms with E-state index < -0.39 is 0 Å². The van der Waals surface area contributed by atoms with Crippen LogP contribution in [0, 0.1) is 11.8 Å². The summed E-state index contributed by atoms with van der Waals surface area (Å²) in [5.41, 5.74) is 0. The molecule has 0 aromatic heterocycles. The summed E-state index contributed by atoms with van der Waals surface area (Å²) in [6, 6.07) is 0. The van der Waals surface area contributed by atoms with Crippen molar-refractivity contribution in [3.63, 3.8) is 0 Å². The minimum absolute atomic E-state index is 0.0398. The molecule has 0 heterocycles. The van der Waals surface area contributed by atoms with Gasteiger partial charge in [0.2, 0.25) is 0 Å². The Balaban J connectivity index is 4.63. The van der Waals surface area contributed by atoms with E-state index in [0.717, 1.165) is 135 Å². The molecule has 0 saturated carbocycles. The van der Waals surface area contributed by atoms with Crippen LogP contribution >= 0.6 is 0 Å². The first-order valence-corrected chi connectivity index (χ1v) is 26.6. The van der Waals surface area contributed by atoms with Gasteiger partial charge in [-0.1, -0.05) is 202 Å². The van der Waals surface area contributed by atoms with Crippen LogP contribution in [0.15, 0.2) is 0 Å². The molecular formula is C53H103NO6. The molecular weight excluding hydrogens is 747 g/mol. The fourth-order valence-electron chi connectivity index (χ4n) is 8.32. The lowest BCUT2D eigenvalue weighted by atomic mass is 9.94. The average Bonchev–Trinajstić information content (AvgIpc) is 3.25. The zero-order valence-corrected chi connectivity index (χ0v) is 41.0. The zero-order chi connectivity index (χ0) is 44.0. The van der Waals surface area contributed by atoms with Gasteiger partial charge in [0.05, 0.1) is 31.7 Å². The largest absolute Gasteiger partial charge is 0.466 e. The lowest BCUT2D eigenvalue weighted by Gasteiger charge is -2.22. The monoisotopic (exact) mass is 850 g/mol. The highest BCUT2D eigenvalue weighted by Gasteiger charge is 2.20. The van der Waals surface area contributed by atoms with Gasteiger partial charge in [0.15, 0.2) is 0 Å². The molecule has 0 amide bonds. The maximum atomic E-state index is 13.1. The van der Waals surface area contributed by atoms with E-state index in [1.165, 1.54) is 116 Å². The number of esters is 3. The Bertz CT molecular complexity index is 927. The van der Waals surface area contributed by atoms with Crippen molar-refractivity contribution in [1.29, 1.82) is 0 Å². The number of rotatable bonds is 48. The van der Waals surface area contributed by atoms with Gasteiger partial charge in [-0.25, -0.2) is 0 Å². The second-order valence-electron chi connectivity index (χ2n) is 18.2. The van der Waals surface area contributed by atoms with Gasteiger partial charge in [0.1, 0.15) is 0 Å². The van der Waals surface area contributed by atoms with E-state index in [1.807, 2.05) is 6.92 Å². The molecule has 0 aliphatic carbocycles. The van der Waals surface area contributed by atoms with Gasteiger partial charge in [-0.3, -0.25) is 14.4 Å². The van der Waals surface area contributed by atoms with Gasteiger partial charge in [0.25, 0.3) is 0 Å². The number of hydrogen-bond donors (Lipinski definition) is 0. The van der Waals surface area contributed by atoms with Crippen LogP contribution in [0.2, 0.25) is 0 Å². The number of nitrogens with zero attached hydrogens (tertiary/aromatic N) is 1. The number of carbonyl (C=O) groups excluding carboxylic acids is 3. The molecule has 356 valence electrons. The summed E-state index contributed by atoms with van der Waals surface area (Å²) in [6.45, 7) is 15.6. The van der Waals surface area contributed by atoms with E-state index in [1.54, 1.807) is 0 Å². The van der Waals surface area contributed by atoms with E-state index in [4.69, 9.17) is 14.2 Å². The highest BCUT2D eigenvalue weighted by Crippen LogP contribution is 2.22. The predicted octanol–water partition coefficient (Wildman–Crippen LogP) is 15.7. The first-order chi connectivity index (χ1) is 29.4. The molecule has 2 atom stereocenters. The molecule has 0 aromatic rings. The predicted molar refractivity (Wildman–Crippen MR) is 255 cm³/mol. The second kappa shape index (κ2) is 46.9. The molecule has 0 rings (SSSR count). The van der Waals surface area contributed by atoms with E-state index in [9.17, 15) is 14.4 Å². The molecule has 2 unspecified atom stereocenters. The van der Waals surface area contributed by atoms with E-state index in [0.29, 0.717) is 26.2 Å². The average molecular weight is 850 g/mol. The fraction of sp³-hybridized carbons (Fsp3) is 0.943. The van der Waals surface area contributed by atoms with E-state index in [2.05, 4.69) is 32.6 Å². The van der Waals surface area contributed by atoms with Gasteiger partial charge in [0, 0.05) is 6.42 Å². The highest BCUT2D eigenvalue weighted by atomic mass is 16.5. The van der Waals surface area contributed by atoms with Crippen LogP contribution in [0.4, 0.5) is 0 Å². The highest BCUT2D eigenvalue weighted by molar-refractivity contribution is 5.72. The van der Waals surface area contributed by atoms with Crippen molar-refractivity contribution < 1.29 is 28.6 Å². The normalized spacial score (nSPS) is 12.5. The number of carbonyl (C=O) groups is 3. The molecule has 60 heavy (non-hydrogen) atoms. The fourth-order valence-corrected chi connectivity index (χ4v) is 8.32. The maximum Gasteiger partial charge on any atom is 0.308 e. The molecule has 0 saturated heterocycles. The van der Waals surface area contributed by atoms with Crippen LogP contribution < -0.4 is 0 Å². The summed E-state index contributed by atoms with van der Waals surface area (Å²) in [7, 11) is 0. The molecule has 0 fully saturated rings. The van der Waals surface area contributed by atoms with Gasteiger partial charge < -0.3 is 19.1 Å². The Morgan fingerprint density at radius 2 is 0.650 bits per heavy atom. The Morgan fingerprint density at radius 3 is 1.03 bits per heavy atom. The summed E-state index contributed by atoms with van der Waals surface area (Å²) >= 11 is 0. The minimum atomic E-state index is -0.0860. The minimum Gasteiger partial charge on any atom is -0.466 e. The third-order valence-electron chi connectivity index (χ3n) is 12.3. The first kappa shape index (κ1) is 58.4. The zero-order valence-electron chi connectivity index (χ0n) is 41.0. The lowest BCUT2D eigenvalue weighted by Crippen LogP contribution is -2.28. The number of hydrogen-bond acceptors (Lipinski definition) is 7. The smallest absolute Gasteiger partial charge is 0.308 e. The molecule has 7 nitrogen and oxygen atoms in total. The summed E-state index contributed by atoms with van der Waals surface area (Å²) in [5.74, 6) is 0.140. The van der Waals surface area contributed by atoms with E-state index >= 15 is 0 Å². The molecule has 0 spiro atoms. The Labute approximate surface area is 373 Å². The molecule has 0 aliphatic rings. The lowest BCUT2D eigenvalue weighted by molar-refractivity contribution is -0.150. The quantitative estimate of drug-likeness (QED) is 0.0343. The maximum absolute atomic E-state index is 13.1. The second-order valence-corrected chi connectivity index (χ2v) is 18.2. The van der Waals surface area contributed by atoms with Crippen LogP contribution in [0.25, 0.3) is 0 Å². The SMILES string of the molecule is CCCCCCCCCCC(CCCCCC)C(=O)OCCCCCCN(CCCCCCOC(=O)C(CCCCCC)CCCCCCCC)CCCC(=O)OCCC. The Kier molecular flexibility index (Phi) is 45.6. The molecule has 7 heteroatoms. The molecule has 0 N–H and O–H groups in total. The van der Waals surface area contributed by atoms with Gasteiger partial charge in [-0.2, -0.15) is 0 Å². The summed E-state index contributed by atoms with van der Waals surface area (Å²) in [5, 5.41) is 0. The van der Waals surface area contributed by atoms with Crippen LogP contribution in [0.1, 0.15) is 272 Å². The summed E-state index contributed by atoms with van der Waals surface area (Å²) in [4.78, 5) is 40.8. The summed E-state index contributed by atoms with van der Waals surface area (Å²) in [6.07, 6.45) is 42.1. The Hall–Kier alpha value is -1.63. The standard InChI is InChI=1S/C53H103NO6/c1-6-11-15-19-21-22-24-32-41-50(39-30-18-14-9-4)53(57)60-48-36-28-26-34-44-54(45-37-42-51(55)58-46-10-5)43-33-25-27-35-47-59-52(56)49(38-29-17-13-8-3)40-31-23-20-16-12-7-2/h49-50H,6-48H2,1-5H3. The van der Waals surface area contributed by atoms with Crippen LogP contribution in [0.3, 0.4) is 0 Å². The molecule has 0 radical (unpaired) electrons. The first-order valence-electron chi connectivity index (χ1n) is 26.6. The van der Waals surface area contributed by atoms with Crippen LogP contribution in [0.5, 0.6) is 0 Å². The van der Waals surface area contributed by atoms with Crippen molar-refractivity contribution in [3.05, 3.63) is 0 Å². The van der Waals surface area contributed by atoms with Crippen molar-refractivity contribution in [3.8, 4) is 0 Å².